The number of fused-ring (bicyclic) bond motifs is 4. The Labute approximate surface area is 288 Å². The first-order valence-corrected chi connectivity index (χ1v) is 19.5. The number of allylic oxidation sites excluding steroid dienone is 1. The van der Waals surface area contributed by atoms with Crippen LogP contribution in [0.1, 0.15) is 60.5 Å². The number of likely N-dealkylation sites (tertiary alicyclic amines) is 1. The summed E-state index contributed by atoms with van der Waals surface area (Å²) >= 11 is 6.44. The lowest BCUT2D eigenvalue weighted by molar-refractivity contribution is -0.138. The number of benzene rings is 2. The van der Waals surface area contributed by atoms with Crippen molar-refractivity contribution in [2.75, 3.05) is 56.3 Å². The first-order valence-electron chi connectivity index (χ1n) is 17.3. The van der Waals surface area contributed by atoms with Crippen LogP contribution < -0.4 is 9.64 Å². The predicted molar refractivity (Wildman–Crippen MR) is 187 cm³/mol. The van der Waals surface area contributed by atoms with Gasteiger partial charge in [-0.2, -0.15) is 4.36 Å². The van der Waals surface area contributed by atoms with Crippen LogP contribution >= 0.6 is 11.6 Å². The maximum Gasteiger partial charge on any atom is 0.285 e. The average molecular weight is 696 g/mol. The van der Waals surface area contributed by atoms with E-state index in [2.05, 4.69) is 33.5 Å². The zero-order chi connectivity index (χ0) is 33.6. The van der Waals surface area contributed by atoms with Gasteiger partial charge in [-0.15, -0.1) is 0 Å². The minimum Gasteiger partial charge on any atom is -0.490 e. The summed E-state index contributed by atoms with van der Waals surface area (Å²) in [5.41, 5.74) is 3.46. The van der Waals surface area contributed by atoms with Crippen LogP contribution in [0.3, 0.4) is 0 Å². The maximum atomic E-state index is 14.4. The van der Waals surface area contributed by atoms with Crippen LogP contribution in [0.15, 0.2) is 52.9 Å². The maximum absolute atomic E-state index is 14.4. The predicted octanol–water partition coefficient (Wildman–Crippen LogP) is 5.26. The molecule has 0 radical (unpaired) electrons. The summed E-state index contributed by atoms with van der Waals surface area (Å²) < 4.78 is 31.4. The number of hydrogen-bond donors (Lipinski definition) is 1. The van der Waals surface area contributed by atoms with Crippen molar-refractivity contribution in [3.63, 3.8) is 0 Å². The van der Waals surface area contributed by atoms with E-state index < -0.39 is 21.7 Å². The van der Waals surface area contributed by atoms with Gasteiger partial charge >= 0.3 is 0 Å². The van der Waals surface area contributed by atoms with Crippen LogP contribution in [-0.2, 0) is 31.1 Å². The average Bonchev–Trinajstić information content (AvgIpc) is 3.17. The van der Waals surface area contributed by atoms with E-state index in [1.807, 2.05) is 25.1 Å². The van der Waals surface area contributed by atoms with Gasteiger partial charge in [0.05, 0.1) is 34.2 Å². The van der Waals surface area contributed by atoms with Crippen molar-refractivity contribution in [3.8, 4) is 5.75 Å². The van der Waals surface area contributed by atoms with Crippen molar-refractivity contribution in [3.05, 3.63) is 70.3 Å². The van der Waals surface area contributed by atoms with Crippen LogP contribution in [0.5, 0.6) is 5.75 Å². The van der Waals surface area contributed by atoms with Crippen LogP contribution in [0.25, 0.3) is 0 Å². The number of ether oxygens (including phenoxy) is 2. The number of methoxy groups -OCH3 is 1. The van der Waals surface area contributed by atoms with Gasteiger partial charge < -0.3 is 24.4 Å². The summed E-state index contributed by atoms with van der Waals surface area (Å²) in [7, 11) is -1.48. The van der Waals surface area contributed by atoms with Gasteiger partial charge in [-0.25, -0.2) is 4.21 Å². The molecule has 48 heavy (non-hydrogen) atoms. The van der Waals surface area contributed by atoms with Gasteiger partial charge in [0.25, 0.3) is 5.91 Å². The van der Waals surface area contributed by atoms with Crippen molar-refractivity contribution in [1.29, 1.82) is 0 Å². The number of β-amino-alcohol motifs (C(OH)–C–C–N with tert-alkyl or cyclic N) is 1. The van der Waals surface area contributed by atoms with Crippen molar-refractivity contribution in [2.24, 2.45) is 22.1 Å². The lowest BCUT2D eigenvalue weighted by Gasteiger charge is -2.46. The zero-order valence-electron chi connectivity index (χ0n) is 27.8. The molecule has 1 spiro atoms. The highest BCUT2D eigenvalue weighted by Crippen LogP contribution is 2.47. The van der Waals surface area contributed by atoms with E-state index in [1.54, 1.807) is 13.2 Å². The molecule has 258 valence electrons. The fraction of sp³-hybridized carbons (Fsp3) is 0.568. The number of hydrogen-bond acceptors (Lipinski definition) is 7. The molecule has 5 aliphatic rings. The van der Waals surface area contributed by atoms with Crippen LogP contribution in [0.4, 0.5) is 5.69 Å². The van der Waals surface area contributed by atoms with Crippen molar-refractivity contribution < 1.29 is 28.4 Å². The van der Waals surface area contributed by atoms with E-state index in [9.17, 15) is 18.9 Å². The number of aliphatic hydroxyl groups is 1. The number of carbonyl (C=O) groups is 2. The molecule has 0 aromatic heterocycles. The van der Waals surface area contributed by atoms with Crippen molar-refractivity contribution in [2.45, 2.75) is 63.1 Å². The highest BCUT2D eigenvalue weighted by molar-refractivity contribution is 7.94. The third kappa shape index (κ3) is 6.65. The van der Waals surface area contributed by atoms with E-state index in [-0.39, 0.29) is 47.9 Å². The van der Waals surface area contributed by atoms with E-state index in [0.717, 1.165) is 55.9 Å². The highest BCUT2D eigenvalue weighted by atomic mass is 35.5. The van der Waals surface area contributed by atoms with Gasteiger partial charge in [0.2, 0.25) is 5.91 Å². The number of aliphatic hydroxyl groups excluding tert-OH is 1. The van der Waals surface area contributed by atoms with Gasteiger partial charge in [-0.05, 0) is 97.7 Å². The first-order chi connectivity index (χ1) is 23.0. The summed E-state index contributed by atoms with van der Waals surface area (Å²) in [5, 5.41) is 10.5. The molecule has 2 aromatic rings. The normalized spacial score (nSPS) is 32.9. The molecule has 11 heteroatoms. The van der Waals surface area contributed by atoms with Gasteiger partial charge in [-0.1, -0.05) is 36.7 Å². The lowest BCUT2D eigenvalue weighted by atomic mass is 9.68. The molecule has 6 atom stereocenters. The standard InChI is InChI=1S/C37H46ClN3O6S/c1-24-5-3-7-33(46-2)30-11-8-27(30)17-41-22-37(14-4-6-25-15-28(38)10-12-31(25)37)23-47-34-13-9-26(16-32(34)41)36(44)39-48(45,20-24)21-35(43)40-18-29(42)19-40/h3,7,9-10,12-13,15-16,24,27,29-30,33,42H,4-6,8,11,14,17-23H2,1-2H3/b7-3+/t24-,27-,30+,33-,37-,48+/m0/s1. The summed E-state index contributed by atoms with van der Waals surface area (Å²) in [6.45, 7) is 4.42. The zero-order valence-corrected chi connectivity index (χ0v) is 29.4. The molecular weight excluding hydrogens is 650 g/mol. The monoisotopic (exact) mass is 695 g/mol. The first kappa shape index (κ1) is 33.6. The fourth-order valence-corrected chi connectivity index (χ4v) is 10.9. The Morgan fingerprint density at radius 1 is 1.19 bits per heavy atom. The minimum absolute atomic E-state index is 0.0422. The molecule has 2 aliphatic carbocycles. The molecule has 3 heterocycles. The number of carbonyl (C=O) groups excluding carboxylic acids is 2. The molecule has 2 amide bonds. The number of amides is 2. The van der Waals surface area contributed by atoms with Gasteiger partial charge in [0.15, 0.2) is 0 Å². The Morgan fingerprint density at radius 2 is 2.02 bits per heavy atom. The number of anilines is 1. The quantitative estimate of drug-likeness (QED) is 0.437. The third-order valence-electron chi connectivity index (χ3n) is 11.1. The minimum atomic E-state index is -3.25. The van der Waals surface area contributed by atoms with Gasteiger partial charge in [0, 0.05) is 55.0 Å². The molecule has 3 aliphatic heterocycles. The highest BCUT2D eigenvalue weighted by Gasteiger charge is 2.44. The van der Waals surface area contributed by atoms with Crippen LogP contribution in [-0.4, -0.2) is 89.6 Å². The summed E-state index contributed by atoms with van der Waals surface area (Å²) in [6.07, 6.45) is 9.41. The SMILES string of the molecule is CO[C@H]1/C=C/C[C@H](C)C[S@@](=O)(CC(=O)N2CC(O)C2)=NC(=O)c2ccc3c(c2)N(C[C@@H]2CC[C@H]21)C[C@@]1(CCCc2cc(Cl)ccc21)CO3. The smallest absolute Gasteiger partial charge is 0.285 e. The summed E-state index contributed by atoms with van der Waals surface area (Å²) in [5.74, 6) is 0.200. The van der Waals surface area contributed by atoms with E-state index in [1.165, 1.54) is 16.0 Å². The number of nitrogens with zero attached hydrogens (tertiary/aromatic N) is 3. The molecule has 0 unspecified atom stereocenters. The molecule has 7 rings (SSSR count). The second-order valence-electron chi connectivity index (χ2n) is 14.7. The van der Waals surface area contributed by atoms with Crippen LogP contribution in [0, 0.1) is 17.8 Å². The molecule has 2 bridgehead atoms. The number of halogens is 1. The Hall–Kier alpha value is -2.92. The molecule has 1 saturated heterocycles. The molecule has 2 aromatic carbocycles. The molecule has 2 fully saturated rings. The second kappa shape index (κ2) is 13.4. The molecule has 1 N–H and O–H groups in total. The van der Waals surface area contributed by atoms with E-state index >= 15 is 0 Å². The van der Waals surface area contributed by atoms with E-state index in [4.69, 9.17) is 21.1 Å². The molecule has 1 saturated carbocycles. The third-order valence-corrected chi connectivity index (χ3v) is 13.7. The van der Waals surface area contributed by atoms with Crippen LogP contribution in [0.2, 0.25) is 5.02 Å². The molecule has 9 nitrogen and oxygen atoms in total. The second-order valence-corrected chi connectivity index (χ2v) is 17.5. The largest absolute Gasteiger partial charge is 0.490 e. The number of aryl methyl sites for hydroxylation is 1. The summed E-state index contributed by atoms with van der Waals surface area (Å²) in [4.78, 5) is 30.8. The summed E-state index contributed by atoms with van der Waals surface area (Å²) in [6, 6.07) is 11.6. The fourth-order valence-electron chi connectivity index (χ4n) is 8.41. The van der Waals surface area contributed by atoms with Crippen molar-refractivity contribution >= 4 is 38.8 Å². The van der Waals surface area contributed by atoms with Gasteiger partial charge in [0.1, 0.15) is 11.5 Å². The molecular formula is C37H46ClN3O6S. The Balaban J connectivity index is 1.29. The lowest BCUT2D eigenvalue weighted by Crippen LogP contribution is -2.55. The van der Waals surface area contributed by atoms with Gasteiger partial charge in [-0.3, -0.25) is 9.59 Å². The Kier molecular flexibility index (Phi) is 9.39. The number of rotatable bonds is 3. The topological polar surface area (TPSA) is 109 Å². The van der Waals surface area contributed by atoms with E-state index in [0.29, 0.717) is 36.2 Å². The van der Waals surface area contributed by atoms with Crippen molar-refractivity contribution in [1.82, 2.24) is 4.90 Å². The Morgan fingerprint density at radius 3 is 2.77 bits per heavy atom. The Bertz CT molecular complexity index is 1730.